The predicted octanol–water partition coefficient (Wildman–Crippen LogP) is 6.16. The van der Waals surface area contributed by atoms with Crippen LogP contribution in [0.3, 0.4) is 0 Å². The molecule has 3 aromatic carbocycles. The summed E-state index contributed by atoms with van der Waals surface area (Å²) in [6.07, 6.45) is 4.72. The number of carbonyl (C=O) groups is 1. The van der Waals surface area contributed by atoms with Crippen molar-refractivity contribution in [1.29, 1.82) is 0 Å². The summed E-state index contributed by atoms with van der Waals surface area (Å²) in [6, 6.07) is 15.4. The minimum absolute atomic E-state index is 0.176. The number of carbonyl (C=O) groups excluding carboxylic acids is 1. The highest BCUT2D eigenvalue weighted by molar-refractivity contribution is 6.12. The van der Waals surface area contributed by atoms with E-state index in [2.05, 4.69) is 5.32 Å². The maximum Gasteiger partial charge on any atom is 0.412 e. The maximum atomic E-state index is 12.5. The number of nitrogens with one attached hydrogen (secondary N) is 1. The van der Waals surface area contributed by atoms with E-state index in [0.29, 0.717) is 23.1 Å². The molecule has 1 unspecified atom stereocenters. The van der Waals surface area contributed by atoms with Gasteiger partial charge in [0.2, 0.25) is 0 Å². The number of fused-ring (bicyclic) bond motifs is 7. The molecular weight excluding hydrogens is 468 g/mol. The number of nitrogens with zero attached hydrogens (tertiary/aromatic N) is 1. The highest BCUT2D eigenvalue weighted by atomic mass is 16.5. The highest BCUT2D eigenvalue weighted by Crippen LogP contribution is 2.52. The number of aromatic nitrogens is 1. The van der Waals surface area contributed by atoms with Gasteiger partial charge < -0.3 is 19.3 Å². The van der Waals surface area contributed by atoms with Crippen molar-refractivity contribution in [2.45, 2.75) is 38.4 Å². The van der Waals surface area contributed by atoms with Crippen molar-refractivity contribution in [3.05, 3.63) is 71.4 Å². The van der Waals surface area contributed by atoms with E-state index in [1.807, 2.05) is 48.5 Å². The molecule has 0 saturated heterocycles. The first-order valence-electron chi connectivity index (χ1n) is 12.7. The Bertz CT molecular complexity index is 1490. The topological polar surface area (TPSA) is 89.9 Å². The quantitative estimate of drug-likeness (QED) is 0.320. The van der Waals surface area contributed by atoms with Gasteiger partial charge in [-0.1, -0.05) is 36.8 Å². The summed E-state index contributed by atoms with van der Waals surface area (Å²) in [4.78, 5) is 17.3. The van der Waals surface area contributed by atoms with Gasteiger partial charge >= 0.3 is 6.09 Å². The summed E-state index contributed by atoms with van der Waals surface area (Å²) in [7, 11) is 3.24. The zero-order valence-corrected chi connectivity index (χ0v) is 21.0. The third kappa shape index (κ3) is 4.13. The van der Waals surface area contributed by atoms with Crippen molar-refractivity contribution >= 4 is 33.5 Å². The second-order valence-corrected chi connectivity index (χ2v) is 9.96. The van der Waals surface area contributed by atoms with E-state index in [1.165, 1.54) is 0 Å². The molecule has 0 bridgehead atoms. The number of anilines is 1. The summed E-state index contributed by atoms with van der Waals surface area (Å²) in [6.45, 7) is 0.176. The molecule has 2 N–H and O–H groups in total. The molecule has 3 atom stereocenters. The van der Waals surface area contributed by atoms with Gasteiger partial charge in [0.1, 0.15) is 6.61 Å². The predicted molar refractivity (Wildman–Crippen MR) is 142 cm³/mol. The summed E-state index contributed by atoms with van der Waals surface area (Å²) in [5.41, 5.74) is 4.22. The molecular formula is C30H30N2O5. The summed E-state index contributed by atoms with van der Waals surface area (Å²) in [5, 5.41) is 17.1. The van der Waals surface area contributed by atoms with E-state index in [4.69, 9.17) is 19.2 Å². The molecule has 7 nitrogen and oxygen atoms in total. The van der Waals surface area contributed by atoms with Crippen molar-refractivity contribution < 1.29 is 24.1 Å². The van der Waals surface area contributed by atoms with Crippen molar-refractivity contribution in [3.8, 4) is 11.5 Å². The van der Waals surface area contributed by atoms with Crippen LogP contribution < -0.4 is 14.8 Å². The zero-order valence-electron chi connectivity index (χ0n) is 21.0. The molecule has 1 aromatic heterocycles. The number of hydrogen-bond acceptors (Lipinski definition) is 6. The SMILES string of the molecule is COc1cc2c3c(c4ncc(NC(=O)OCc5ccccc5)cc4c2cc1OC)[C@@H](O)[C@H]1CCCC1C3. The minimum Gasteiger partial charge on any atom is -0.493 e. The second kappa shape index (κ2) is 9.56. The van der Waals surface area contributed by atoms with E-state index in [0.717, 1.165) is 64.0 Å². The largest absolute Gasteiger partial charge is 0.493 e. The first-order valence-corrected chi connectivity index (χ1v) is 12.7. The van der Waals surface area contributed by atoms with Gasteiger partial charge in [0.15, 0.2) is 11.5 Å². The molecule has 1 fully saturated rings. The fourth-order valence-electron chi connectivity index (χ4n) is 6.22. The van der Waals surface area contributed by atoms with Crippen LogP contribution in [0.15, 0.2) is 54.7 Å². The van der Waals surface area contributed by atoms with Crippen LogP contribution in [0.1, 0.15) is 42.1 Å². The number of amides is 1. The molecule has 2 aliphatic rings. The Balaban J connectivity index is 1.44. The third-order valence-electron chi connectivity index (χ3n) is 7.95. The summed E-state index contributed by atoms with van der Waals surface area (Å²) < 4.78 is 16.6. The Hall–Kier alpha value is -3.84. The van der Waals surface area contributed by atoms with Gasteiger partial charge in [0.05, 0.1) is 37.7 Å². The third-order valence-corrected chi connectivity index (χ3v) is 7.95. The smallest absolute Gasteiger partial charge is 0.412 e. The van der Waals surface area contributed by atoms with Gasteiger partial charge in [0.25, 0.3) is 0 Å². The Morgan fingerprint density at radius 2 is 1.78 bits per heavy atom. The molecule has 37 heavy (non-hydrogen) atoms. The number of hydrogen-bond donors (Lipinski definition) is 2. The number of ether oxygens (including phenoxy) is 3. The Kier molecular flexibility index (Phi) is 6.08. The fraction of sp³-hybridized carbons (Fsp3) is 0.333. The number of pyridine rings is 1. The van der Waals surface area contributed by atoms with E-state index >= 15 is 0 Å². The second-order valence-electron chi connectivity index (χ2n) is 9.96. The normalized spacial score (nSPS) is 20.4. The van der Waals surface area contributed by atoms with Gasteiger partial charge in [-0.15, -0.1) is 0 Å². The lowest BCUT2D eigenvalue weighted by Crippen LogP contribution is -2.26. The number of aliphatic hydroxyl groups is 1. The monoisotopic (exact) mass is 498 g/mol. The first kappa shape index (κ1) is 23.6. The van der Waals surface area contributed by atoms with Crippen molar-refractivity contribution in [3.63, 3.8) is 0 Å². The molecule has 190 valence electrons. The lowest BCUT2D eigenvalue weighted by atomic mass is 9.73. The van der Waals surface area contributed by atoms with Gasteiger partial charge in [0, 0.05) is 10.9 Å². The molecule has 1 heterocycles. The van der Waals surface area contributed by atoms with E-state index in [9.17, 15) is 9.90 Å². The van der Waals surface area contributed by atoms with E-state index in [-0.39, 0.29) is 12.5 Å². The molecule has 2 aliphatic carbocycles. The van der Waals surface area contributed by atoms with Gasteiger partial charge in [-0.05, 0) is 71.2 Å². The van der Waals surface area contributed by atoms with Crippen LogP contribution >= 0.6 is 0 Å². The number of aliphatic hydroxyl groups excluding tert-OH is 1. The molecule has 0 spiro atoms. The van der Waals surface area contributed by atoms with Gasteiger partial charge in [-0.2, -0.15) is 0 Å². The fourth-order valence-corrected chi connectivity index (χ4v) is 6.22. The van der Waals surface area contributed by atoms with Crippen molar-refractivity contribution in [2.24, 2.45) is 11.8 Å². The number of methoxy groups -OCH3 is 2. The van der Waals surface area contributed by atoms with E-state index in [1.54, 1.807) is 20.4 Å². The molecule has 6 rings (SSSR count). The van der Waals surface area contributed by atoms with Crippen LogP contribution in [0.25, 0.3) is 21.7 Å². The van der Waals surface area contributed by atoms with Crippen molar-refractivity contribution in [1.82, 2.24) is 4.98 Å². The first-order chi connectivity index (χ1) is 18.1. The summed E-state index contributed by atoms with van der Waals surface area (Å²) in [5.74, 6) is 1.98. The lowest BCUT2D eigenvalue weighted by Gasteiger charge is -2.34. The average molecular weight is 499 g/mol. The molecule has 0 radical (unpaired) electrons. The van der Waals surface area contributed by atoms with Crippen LogP contribution in [0.2, 0.25) is 0 Å². The molecule has 4 aromatic rings. The average Bonchev–Trinajstić information content (AvgIpc) is 3.41. The molecule has 0 aliphatic heterocycles. The Morgan fingerprint density at radius 1 is 1.03 bits per heavy atom. The number of benzene rings is 3. The Morgan fingerprint density at radius 3 is 2.54 bits per heavy atom. The summed E-state index contributed by atoms with van der Waals surface area (Å²) >= 11 is 0. The van der Waals surface area contributed by atoms with E-state index < -0.39 is 12.2 Å². The van der Waals surface area contributed by atoms with Gasteiger partial charge in [-0.25, -0.2) is 4.79 Å². The minimum atomic E-state index is -0.571. The van der Waals surface area contributed by atoms with Crippen molar-refractivity contribution in [2.75, 3.05) is 19.5 Å². The Labute approximate surface area is 215 Å². The van der Waals surface area contributed by atoms with Crippen LogP contribution in [0.4, 0.5) is 10.5 Å². The zero-order chi connectivity index (χ0) is 25.5. The molecule has 1 amide bonds. The maximum absolute atomic E-state index is 12.5. The highest BCUT2D eigenvalue weighted by Gasteiger charge is 2.41. The van der Waals surface area contributed by atoms with Crippen LogP contribution in [-0.2, 0) is 17.8 Å². The van der Waals surface area contributed by atoms with Crippen LogP contribution in [-0.4, -0.2) is 30.4 Å². The molecule has 7 heteroatoms. The standard InChI is InChI=1S/C30H30N2O5/c1-35-25-13-21-22(14-26(25)36-2)24-12-19(32-30(34)37-16-17-7-4-3-5-8-17)15-31-28(24)27-23(21)11-18-9-6-10-20(18)29(27)33/h3-5,7-8,12-15,18,20,29,33H,6,9-11,16H2,1-2H3,(H,32,34)/t18?,20-,29-/m0/s1. The molecule has 1 saturated carbocycles. The van der Waals surface area contributed by atoms with Crippen LogP contribution in [0, 0.1) is 11.8 Å². The number of rotatable bonds is 5. The van der Waals surface area contributed by atoms with Gasteiger partial charge in [-0.3, -0.25) is 10.3 Å². The van der Waals surface area contributed by atoms with Crippen LogP contribution in [0.5, 0.6) is 11.5 Å². The lowest BCUT2D eigenvalue weighted by molar-refractivity contribution is 0.0758.